The van der Waals surface area contributed by atoms with Crippen LogP contribution < -0.4 is 5.73 Å². The monoisotopic (exact) mass is 155 g/mol. The van der Waals surface area contributed by atoms with Gasteiger partial charge in [-0.05, 0) is 0 Å². The Labute approximate surface area is 63.5 Å². The number of carboxylic acid groups (broad SMARTS) is 1. The lowest BCUT2D eigenvalue weighted by Gasteiger charge is -2.05. The molecule has 0 fully saturated rings. The number of carbonyl (C=O) groups is 1. The van der Waals surface area contributed by atoms with Crippen LogP contribution in [0.2, 0.25) is 0 Å². The van der Waals surface area contributed by atoms with Crippen molar-refractivity contribution in [2.45, 2.75) is 12.6 Å². The Balaban J connectivity index is 2.50. The smallest absolute Gasteiger partial charge is 0.322 e. The Morgan fingerprint density at radius 2 is 2.55 bits per heavy atom. The van der Waals surface area contributed by atoms with Crippen LogP contribution in [0.5, 0.6) is 0 Å². The molecule has 0 unspecified atom stereocenters. The zero-order valence-corrected chi connectivity index (χ0v) is 5.84. The first kappa shape index (κ1) is 7.74. The topological polar surface area (TPSA) is 81.1 Å². The molecule has 0 aliphatic carbocycles. The van der Waals surface area contributed by atoms with Crippen molar-refractivity contribution in [2.24, 2.45) is 5.73 Å². The quantitative estimate of drug-likeness (QED) is 0.604. The molecule has 11 heavy (non-hydrogen) atoms. The summed E-state index contributed by atoms with van der Waals surface area (Å²) in [5, 5.41) is 8.42. The van der Waals surface area contributed by atoms with Crippen molar-refractivity contribution in [1.29, 1.82) is 0 Å². The first-order chi connectivity index (χ1) is 5.20. The molecule has 3 N–H and O–H groups in total. The van der Waals surface area contributed by atoms with E-state index in [4.69, 9.17) is 10.8 Å². The van der Waals surface area contributed by atoms with Crippen molar-refractivity contribution in [1.82, 2.24) is 9.55 Å². The van der Waals surface area contributed by atoms with E-state index in [1.807, 2.05) is 0 Å². The summed E-state index contributed by atoms with van der Waals surface area (Å²) in [6.07, 6.45) is 4.78. The Bertz CT molecular complexity index is 232. The first-order valence-electron chi connectivity index (χ1n) is 3.14. The molecule has 0 aromatic carbocycles. The number of nitrogens with two attached hydrogens (primary N) is 1. The summed E-state index contributed by atoms with van der Waals surface area (Å²) in [5.41, 5.74) is 5.26. The molecule has 5 nitrogen and oxygen atoms in total. The van der Waals surface area contributed by atoms with Crippen molar-refractivity contribution in [3.05, 3.63) is 18.7 Å². The van der Waals surface area contributed by atoms with Crippen molar-refractivity contribution in [3.8, 4) is 0 Å². The molecule has 0 radical (unpaired) electrons. The highest BCUT2D eigenvalue weighted by Crippen LogP contribution is 1.89. The molecule has 0 saturated carbocycles. The molecule has 1 heterocycles. The molecule has 60 valence electrons. The zero-order chi connectivity index (χ0) is 8.27. The van der Waals surface area contributed by atoms with Crippen LogP contribution in [-0.4, -0.2) is 26.7 Å². The Morgan fingerprint density at radius 1 is 1.82 bits per heavy atom. The van der Waals surface area contributed by atoms with Crippen LogP contribution in [0.1, 0.15) is 0 Å². The Hall–Kier alpha value is -1.36. The van der Waals surface area contributed by atoms with Crippen LogP contribution >= 0.6 is 0 Å². The van der Waals surface area contributed by atoms with Crippen LogP contribution in [0.15, 0.2) is 18.7 Å². The molecule has 0 aliphatic heterocycles. The molecule has 1 aromatic heterocycles. The van der Waals surface area contributed by atoms with Gasteiger partial charge in [0, 0.05) is 18.9 Å². The lowest BCUT2D eigenvalue weighted by Crippen LogP contribution is -2.34. The van der Waals surface area contributed by atoms with Gasteiger partial charge in [0.1, 0.15) is 6.04 Å². The lowest BCUT2D eigenvalue weighted by atomic mass is 10.3. The molecule has 0 aliphatic rings. The number of hydrogen-bond donors (Lipinski definition) is 2. The third kappa shape index (κ3) is 2.05. The van der Waals surface area contributed by atoms with Gasteiger partial charge in [0.05, 0.1) is 6.33 Å². The predicted molar refractivity (Wildman–Crippen MR) is 37.8 cm³/mol. The largest absolute Gasteiger partial charge is 0.480 e. The van der Waals surface area contributed by atoms with Crippen LogP contribution in [0, 0.1) is 0 Å². The zero-order valence-electron chi connectivity index (χ0n) is 5.84. The van der Waals surface area contributed by atoms with E-state index in [-0.39, 0.29) is 6.54 Å². The summed E-state index contributed by atoms with van der Waals surface area (Å²) in [5.74, 6) is -1.00. The minimum atomic E-state index is -1.00. The van der Waals surface area contributed by atoms with Gasteiger partial charge in [0.2, 0.25) is 0 Å². The first-order valence-corrected chi connectivity index (χ1v) is 3.14. The highest BCUT2D eigenvalue weighted by Gasteiger charge is 2.10. The Morgan fingerprint density at radius 3 is 3.00 bits per heavy atom. The molecule has 0 spiro atoms. The number of carboxylic acids is 1. The molecule has 0 bridgehead atoms. The van der Waals surface area contributed by atoms with Gasteiger partial charge < -0.3 is 15.4 Å². The SMILES string of the molecule is N[C@H](Cn1ccnc1)C(=O)O. The molecule has 1 aromatic rings. The van der Waals surface area contributed by atoms with Gasteiger partial charge in [-0.1, -0.05) is 0 Å². The molecular formula is C6H9N3O2. The molecule has 5 heteroatoms. The van der Waals surface area contributed by atoms with E-state index >= 15 is 0 Å². The van der Waals surface area contributed by atoms with Crippen LogP contribution in [0.3, 0.4) is 0 Å². The molecule has 1 rings (SSSR count). The number of rotatable bonds is 3. The predicted octanol–water partition coefficient (Wildman–Crippen LogP) is -0.705. The van der Waals surface area contributed by atoms with Gasteiger partial charge >= 0.3 is 5.97 Å². The summed E-state index contributed by atoms with van der Waals surface area (Å²) in [6.45, 7) is 0.259. The van der Waals surface area contributed by atoms with Crippen LogP contribution in [0.25, 0.3) is 0 Å². The highest BCUT2D eigenvalue weighted by molar-refractivity contribution is 5.72. The highest BCUT2D eigenvalue weighted by atomic mass is 16.4. The van der Waals surface area contributed by atoms with Gasteiger partial charge in [0.25, 0.3) is 0 Å². The van der Waals surface area contributed by atoms with Crippen LogP contribution in [0.4, 0.5) is 0 Å². The third-order valence-electron chi connectivity index (χ3n) is 1.28. The van der Waals surface area contributed by atoms with Gasteiger partial charge in [-0.25, -0.2) is 4.98 Å². The van der Waals surface area contributed by atoms with E-state index in [0.29, 0.717) is 0 Å². The average molecular weight is 155 g/mol. The number of aliphatic carboxylic acids is 1. The van der Waals surface area contributed by atoms with Crippen molar-refractivity contribution in [2.75, 3.05) is 0 Å². The standard InChI is InChI=1S/C6H9N3O2/c7-5(6(10)11)3-9-2-1-8-4-9/h1-2,4-5H,3,7H2,(H,10,11)/t5-/m1/s1. The number of aromatic nitrogens is 2. The Kier molecular flexibility index (Phi) is 2.22. The van der Waals surface area contributed by atoms with Crippen molar-refractivity contribution >= 4 is 5.97 Å². The van der Waals surface area contributed by atoms with Gasteiger partial charge in [0.15, 0.2) is 0 Å². The fraction of sp³-hybridized carbons (Fsp3) is 0.333. The number of hydrogen-bond acceptors (Lipinski definition) is 3. The minimum Gasteiger partial charge on any atom is -0.480 e. The van der Waals surface area contributed by atoms with E-state index in [2.05, 4.69) is 4.98 Å². The van der Waals surface area contributed by atoms with Gasteiger partial charge in [-0.2, -0.15) is 0 Å². The average Bonchev–Trinajstić information content (AvgIpc) is 2.39. The number of imidazole rings is 1. The second-order valence-electron chi connectivity index (χ2n) is 2.20. The summed E-state index contributed by atoms with van der Waals surface area (Å²) in [6, 6.07) is -0.857. The molecule has 0 saturated heterocycles. The van der Waals surface area contributed by atoms with E-state index < -0.39 is 12.0 Å². The molecule has 0 amide bonds. The van der Waals surface area contributed by atoms with E-state index in [0.717, 1.165) is 0 Å². The lowest BCUT2D eigenvalue weighted by molar-refractivity contribution is -0.138. The maximum atomic E-state index is 10.3. The summed E-state index contributed by atoms with van der Waals surface area (Å²) >= 11 is 0. The fourth-order valence-corrected chi connectivity index (χ4v) is 0.700. The maximum absolute atomic E-state index is 10.3. The normalized spacial score (nSPS) is 12.8. The van der Waals surface area contributed by atoms with Gasteiger partial charge in [-0.3, -0.25) is 4.79 Å². The van der Waals surface area contributed by atoms with E-state index in [1.165, 1.54) is 6.33 Å². The molecular weight excluding hydrogens is 146 g/mol. The molecule has 1 atom stereocenters. The summed E-state index contributed by atoms with van der Waals surface area (Å²) in [4.78, 5) is 14.0. The summed E-state index contributed by atoms with van der Waals surface area (Å²) < 4.78 is 1.62. The van der Waals surface area contributed by atoms with E-state index in [1.54, 1.807) is 17.0 Å². The van der Waals surface area contributed by atoms with Gasteiger partial charge in [-0.15, -0.1) is 0 Å². The number of nitrogens with zero attached hydrogens (tertiary/aromatic N) is 2. The second-order valence-corrected chi connectivity index (χ2v) is 2.20. The fourth-order valence-electron chi connectivity index (χ4n) is 0.700. The van der Waals surface area contributed by atoms with Crippen molar-refractivity contribution < 1.29 is 9.90 Å². The maximum Gasteiger partial charge on any atom is 0.322 e. The van der Waals surface area contributed by atoms with E-state index in [9.17, 15) is 4.79 Å². The summed E-state index contributed by atoms with van der Waals surface area (Å²) in [7, 11) is 0. The minimum absolute atomic E-state index is 0.259. The third-order valence-corrected chi connectivity index (χ3v) is 1.28. The second kappa shape index (κ2) is 3.16. The van der Waals surface area contributed by atoms with Crippen LogP contribution in [-0.2, 0) is 11.3 Å². The van der Waals surface area contributed by atoms with Crippen molar-refractivity contribution in [3.63, 3.8) is 0 Å².